The monoisotopic (exact) mass is 331 g/mol. The second-order valence-electron chi connectivity index (χ2n) is 7.00. The van der Waals surface area contributed by atoms with Gasteiger partial charge in [0.25, 0.3) is 5.91 Å². The van der Waals surface area contributed by atoms with Gasteiger partial charge in [0, 0.05) is 38.3 Å². The molecule has 0 spiro atoms. The third-order valence-corrected chi connectivity index (χ3v) is 5.19. The molecule has 0 bridgehead atoms. The number of hydrogen-bond acceptors (Lipinski definition) is 4. The number of aliphatic hydroxyl groups excluding tert-OH is 1. The molecule has 1 aromatic rings. The number of benzene rings is 1. The van der Waals surface area contributed by atoms with Gasteiger partial charge in [0.15, 0.2) is 0 Å². The van der Waals surface area contributed by atoms with Gasteiger partial charge in [-0.2, -0.15) is 0 Å². The molecule has 24 heavy (non-hydrogen) atoms. The molecule has 1 aromatic carbocycles. The minimum Gasteiger partial charge on any atom is -0.393 e. The molecule has 3 rings (SSSR count). The molecule has 0 aliphatic carbocycles. The normalized spacial score (nSPS) is 23.1. The van der Waals surface area contributed by atoms with E-state index in [4.69, 9.17) is 0 Å². The molecule has 1 amide bonds. The number of piperidine rings is 2. The van der Waals surface area contributed by atoms with Crippen LogP contribution in [0.1, 0.15) is 47.5 Å². The van der Waals surface area contributed by atoms with Gasteiger partial charge in [-0.25, -0.2) is 0 Å². The molecule has 5 heteroatoms. The number of nitrogens with zero attached hydrogens (tertiary/aromatic N) is 1. The summed E-state index contributed by atoms with van der Waals surface area (Å²) in [5.41, 5.74) is 2.02. The predicted molar refractivity (Wildman–Crippen MR) is 95.3 cm³/mol. The fourth-order valence-corrected chi connectivity index (χ4v) is 3.64. The third-order valence-electron chi connectivity index (χ3n) is 5.19. The Labute approximate surface area is 144 Å². The van der Waals surface area contributed by atoms with Gasteiger partial charge in [-0.1, -0.05) is 12.1 Å². The van der Waals surface area contributed by atoms with Gasteiger partial charge in [0.1, 0.15) is 0 Å². The van der Waals surface area contributed by atoms with Crippen molar-refractivity contribution in [2.75, 3.05) is 39.3 Å². The van der Waals surface area contributed by atoms with Gasteiger partial charge in [-0.3, -0.25) is 4.79 Å². The summed E-state index contributed by atoms with van der Waals surface area (Å²) >= 11 is 0. The van der Waals surface area contributed by atoms with Crippen molar-refractivity contribution in [1.29, 1.82) is 0 Å². The van der Waals surface area contributed by atoms with E-state index >= 15 is 0 Å². The second kappa shape index (κ2) is 8.60. The first-order chi connectivity index (χ1) is 11.7. The highest BCUT2D eigenvalue weighted by molar-refractivity contribution is 5.94. The minimum absolute atomic E-state index is 0.0117. The van der Waals surface area contributed by atoms with Crippen LogP contribution in [-0.2, 0) is 0 Å². The van der Waals surface area contributed by atoms with E-state index in [0.717, 1.165) is 51.1 Å². The van der Waals surface area contributed by atoms with Crippen molar-refractivity contribution in [2.45, 2.75) is 37.7 Å². The summed E-state index contributed by atoms with van der Waals surface area (Å²) in [6.45, 7) is 5.45. The van der Waals surface area contributed by atoms with Gasteiger partial charge >= 0.3 is 0 Å². The van der Waals surface area contributed by atoms with E-state index in [-0.39, 0.29) is 12.0 Å². The van der Waals surface area contributed by atoms with Crippen LogP contribution in [0.3, 0.4) is 0 Å². The summed E-state index contributed by atoms with van der Waals surface area (Å²) in [7, 11) is 0. The quantitative estimate of drug-likeness (QED) is 0.762. The van der Waals surface area contributed by atoms with Crippen LogP contribution in [0.25, 0.3) is 0 Å². The van der Waals surface area contributed by atoms with E-state index in [1.165, 1.54) is 18.4 Å². The van der Waals surface area contributed by atoms with E-state index in [2.05, 4.69) is 21.6 Å². The van der Waals surface area contributed by atoms with Crippen molar-refractivity contribution < 1.29 is 9.90 Å². The minimum atomic E-state index is -0.146. The summed E-state index contributed by atoms with van der Waals surface area (Å²) in [5.74, 6) is 0.531. The first-order valence-corrected chi connectivity index (χ1v) is 9.21. The van der Waals surface area contributed by atoms with Crippen LogP contribution in [0.5, 0.6) is 0 Å². The SMILES string of the molecule is O=C(NCCN1CCC(O)CC1)c1cccc([C@H]2CCCNC2)c1. The van der Waals surface area contributed by atoms with Crippen molar-refractivity contribution in [1.82, 2.24) is 15.5 Å². The molecule has 3 N–H and O–H groups in total. The molecule has 0 saturated carbocycles. The zero-order chi connectivity index (χ0) is 16.8. The molecule has 0 radical (unpaired) electrons. The van der Waals surface area contributed by atoms with E-state index in [9.17, 15) is 9.90 Å². The Morgan fingerprint density at radius 1 is 1.29 bits per heavy atom. The average molecular weight is 331 g/mol. The summed E-state index contributed by atoms with van der Waals surface area (Å²) in [6, 6.07) is 8.06. The number of likely N-dealkylation sites (tertiary alicyclic amines) is 1. The van der Waals surface area contributed by atoms with Gasteiger partial charge < -0.3 is 20.6 Å². The maximum absolute atomic E-state index is 12.4. The van der Waals surface area contributed by atoms with Gasteiger partial charge in [0.05, 0.1) is 6.10 Å². The highest BCUT2D eigenvalue weighted by Crippen LogP contribution is 2.23. The lowest BCUT2D eigenvalue weighted by Crippen LogP contribution is -2.40. The number of nitrogens with one attached hydrogen (secondary N) is 2. The molecule has 0 aromatic heterocycles. The fraction of sp³-hybridized carbons (Fsp3) is 0.632. The van der Waals surface area contributed by atoms with Gasteiger partial charge in [0.2, 0.25) is 0 Å². The van der Waals surface area contributed by atoms with Crippen LogP contribution in [0.4, 0.5) is 0 Å². The first-order valence-electron chi connectivity index (χ1n) is 9.21. The van der Waals surface area contributed by atoms with E-state index in [1.54, 1.807) is 0 Å². The van der Waals surface area contributed by atoms with Crippen LogP contribution < -0.4 is 10.6 Å². The molecule has 0 unspecified atom stereocenters. The lowest BCUT2D eigenvalue weighted by atomic mass is 9.90. The number of aliphatic hydroxyl groups is 1. The topological polar surface area (TPSA) is 64.6 Å². The van der Waals surface area contributed by atoms with E-state index in [0.29, 0.717) is 12.5 Å². The van der Waals surface area contributed by atoms with Crippen LogP contribution in [0.15, 0.2) is 24.3 Å². The molecular formula is C19H29N3O2. The van der Waals surface area contributed by atoms with Crippen LogP contribution in [0, 0.1) is 0 Å². The Kier molecular flexibility index (Phi) is 6.24. The number of rotatable bonds is 5. The smallest absolute Gasteiger partial charge is 0.251 e. The van der Waals surface area contributed by atoms with Crippen molar-refractivity contribution in [3.8, 4) is 0 Å². The standard InChI is InChI=1S/C19H29N3O2/c23-18-6-10-22(11-7-18)12-9-21-19(24)16-4-1-3-15(13-16)17-5-2-8-20-14-17/h1,3-4,13,17-18,20,23H,2,5-12,14H2,(H,21,24)/t17-/m0/s1. The lowest BCUT2D eigenvalue weighted by molar-refractivity contribution is 0.0804. The van der Waals surface area contributed by atoms with Gasteiger partial charge in [-0.05, 0) is 55.8 Å². The highest BCUT2D eigenvalue weighted by Gasteiger charge is 2.18. The second-order valence-corrected chi connectivity index (χ2v) is 7.00. The molecule has 1 atom stereocenters. The molecule has 2 fully saturated rings. The van der Waals surface area contributed by atoms with Crippen molar-refractivity contribution in [3.05, 3.63) is 35.4 Å². The van der Waals surface area contributed by atoms with Crippen molar-refractivity contribution >= 4 is 5.91 Å². The largest absolute Gasteiger partial charge is 0.393 e. The maximum Gasteiger partial charge on any atom is 0.251 e. The van der Waals surface area contributed by atoms with Crippen LogP contribution >= 0.6 is 0 Å². The summed E-state index contributed by atoms with van der Waals surface area (Å²) in [4.78, 5) is 14.7. The number of amides is 1. The Morgan fingerprint density at radius 3 is 2.88 bits per heavy atom. The zero-order valence-corrected chi connectivity index (χ0v) is 14.3. The molecule has 132 valence electrons. The number of carbonyl (C=O) groups excluding carboxylic acids is 1. The number of hydrogen-bond donors (Lipinski definition) is 3. The Bertz CT molecular complexity index is 535. The maximum atomic E-state index is 12.4. The zero-order valence-electron chi connectivity index (χ0n) is 14.3. The Hall–Kier alpha value is -1.43. The molecule has 2 aliphatic rings. The summed E-state index contributed by atoms with van der Waals surface area (Å²) < 4.78 is 0. The summed E-state index contributed by atoms with van der Waals surface area (Å²) in [5, 5.41) is 16.0. The lowest BCUT2D eigenvalue weighted by Gasteiger charge is -2.29. The Balaban J connectivity index is 1.48. The van der Waals surface area contributed by atoms with Crippen molar-refractivity contribution in [2.24, 2.45) is 0 Å². The van der Waals surface area contributed by atoms with Crippen molar-refractivity contribution in [3.63, 3.8) is 0 Å². The predicted octanol–water partition coefficient (Wildman–Crippen LogP) is 1.34. The molecule has 2 heterocycles. The fourth-order valence-electron chi connectivity index (χ4n) is 3.64. The third kappa shape index (κ3) is 4.79. The average Bonchev–Trinajstić information content (AvgIpc) is 2.64. The summed E-state index contributed by atoms with van der Waals surface area (Å²) in [6.07, 6.45) is 3.93. The van der Waals surface area contributed by atoms with Crippen LogP contribution in [-0.4, -0.2) is 61.3 Å². The molecule has 2 aliphatic heterocycles. The molecule has 2 saturated heterocycles. The molecular weight excluding hydrogens is 302 g/mol. The molecule has 5 nitrogen and oxygen atoms in total. The van der Waals surface area contributed by atoms with E-state index in [1.807, 2.05) is 18.2 Å². The van der Waals surface area contributed by atoms with Crippen LogP contribution in [0.2, 0.25) is 0 Å². The Morgan fingerprint density at radius 2 is 2.12 bits per heavy atom. The van der Waals surface area contributed by atoms with Gasteiger partial charge in [-0.15, -0.1) is 0 Å². The first kappa shape index (κ1) is 17.4. The highest BCUT2D eigenvalue weighted by atomic mass is 16.3. The number of carbonyl (C=O) groups is 1. The van der Waals surface area contributed by atoms with E-state index < -0.39 is 0 Å².